The van der Waals surface area contributed by atoms with E-state index in [2.05, 4.69) is 46.0 Å². The SMILES string of the molecule is CCCC(CC)(CC)NC(=O)C1C[C@H]2[C@@H]3CCC4SC(=O)C=C[C@]4(C)[C@@H]3CC[C@]2(C)C1. The maximum absolute atomic E-state index is 13.5. The van der Waals surface area contributed by atoms with Crippen LogP contribution in [0.2, 0.25) is 0 Å². The van der Waals surface area contributed by atoms with Crippen molar-refractivity contribution >= 4 is 22.8 Å². The Kier molecular flexibility index (Phi) is 6.44. The lowest BCUT2D eigenvalue weighted by molar-refractivity contribution is -0.127. The quantitative estimate of drug-likeness (QED) is 0.506. The highest BCUT2D eigenvalue weighted by atomic mass is 32.2. The predicted molar refractivity (Wildman–Crippen MR) is 130 cm³/mol. The molecule has 1 aliphatic heterocycles. The van der Waals surface area contributed by atoms with E-state index in [-0.39, 0.29) is 22.0 Å². The van der Waals surface area contributed by atoms with Crippen molar-refractivity contribution in [3.8, 4) is 0 Å². The fourth-order valence-electron chi connectivity index (χ4n) is 8.14. The minimum atomic E-state index is -0.0226. The maximum atomic E-state index is 13.5. The van der Waals surface area contributed by atoms with Crippen LogP contribution in [0, 0.1) is 34.5 Å². The van der Waals surface area contributed by atoms with Gasteiger partial charge in [-0.25, -0.2) is 0 Å². The Labute approximate surface area is 194 Å². The van der Waals surface area contributed by atoms with Crippen LogP contribution in [0.3, 0.4) is 0 Å². The first kappa shape index (κ1) is 23.4. The van der Waals surface area contributed by atoms with Gasteiger partial charge >= 0.3 is 0 Å². The molecule has 1 N–H and O–H groups in total. The highest BCUT2D eigenvalue weighted by Crippen LogP contribution is 2.65. The predicted octanol–water partition coefficient (Wildman–Crippen LogP) is 6.52. The number of fused-ring (bicyclic) bond motifs is 5. The number of allylic oxidation sites excluding steroid dienone is 1. The summed E-state index contributed by atoms with van der Waals surface area (Å²) in [4.78, 5) is 25.5. The van der Waals surface area contributed by atoms with E-state index in [1.54, 1.807) is 11.8 Å². The lowest BCUT2D eigenvalue weighted by Gasteiger charge is -2.57. The number of carbonyl (C=O) groups excluding carboxylic acids is 2. The van der Waals surface area contributed by atoms with Crippen molar-refractivity contribution in [1.29, 1.82) is 0 Å². The fourth-order valence-corrected chi connectivity index (χ4v) is 9.33. The summed E-state index contributed by atoms with van der Waals surface area (Å²) in [5, 5.41) is 4.22. The Bertz CT molecular complexity index is 744. The molecule has 0 aromatic carbocycles. The van der Waals surface area contributed by atoms with Gasteiger partial charge in [-0.3, -0.25) is 9.59 Å². The third kappa shape index (κ3) is 3.93. The number of hydrogen-bond donors (Lipinski definition) is 1. The lowest BCUT2D eigenvalue weighted by atomic mass is 9.50. The van der Waals surface area contributed by atoms with E-state index in [1.807, 2.05) is 6.08 Å². The van der Waals surface area contributed by atoms with Crippen LogP contribution in [-0.2, 0) is 9.59 Å². The normalized spacial score (nSPS) is 42.0. The molecule has 174 valence electrons. The third-order valence-corrected chi connectivity index (χ3v) is 11.5. The summed E-state index contributed by atoms with van der Waals surface area (Å²) in [6.45, 7) is 11.6. The van der Waals surface area contributed by atoms with E-state index in [9.17, 15) is 9.59 Å². The van der Waals surface area contributed by atoms with Gasteiger partial charge in [0.05, 0.1) is 0 Å². The second-order valence-electron chi connectivity index (χ2n) is 11.6. The van der Waals surface area contributed by atoms with Gasteiger partial charge < -0.3 is 5.32 Å². The Hall–Kier alpha value is -0.770. The Morgan fingerprint density at radius 3 is 2.58 bits per heavy atom. The fraction of sp³-hybridized carbons (Fsp3) is 0.852. The van der Waals surface area contributed by atoms with E-state index in [4.69, 9.17) is 0 Å². The van der Waals surface area contributed by atoms with Crippen LogP contribution in [0.15, 0.2) is 12.2 Å². The van der Waals surface area contributed by atoms with Gasteiger partial charge in [-0.2, -0.15) is 0 Å². The van der Waals surface area contributed by atoms with Crippen molar-refractivity contribution in [3.05, 3.63) is 12.2 Å². The van der Waals surface area contributed by atoms with Gasteiger partial charge in [0.15, 0.2) is 0 Å². The summed E-state index contributed by atoms with van der Waals surface area (Å²) in [5.74, 6) is 2.51. The molecule has 4 heteroatoms. The molecule has 2 unspecified atom stereocenters. The van der Waals surface area contributed by atoms with Gasteiger partial charge in [0.2, 0.25) is 11.0 Å². The molecular formula is C27H43NO2S. The first-order valence-corrected chi connectivity index (χ1v) is 13.8. The monoisotopic (exact) mass is 445 g/mol. The van der Waals surface area contributed by atoms with Crippen LogP contribution in [0.1, 0.15) is 98.8 Å². The summed E-state index contributed by atoms with van der Waals surface area (Å²) in [5.41, 5.74) is 0.425. The van der Waals surface area contributed by atoms with Crippen molar-refractivity contribution in [3.63, 3.8) is 0 Å². The molecule has 7 atom stereocenters. The molecule has 3 saturated carbocycles. The summed E-state index contributed by atoms with van der Waals surface area (Å²) in [6.07, 6.45) is 15.3. The molecule has 0 radical (unpaired) electrons. The van der Waals surface area contributed by atoms with E-state index in [1.165, 1.54) is 19.3 Å². The van der Waals surface area contributed by atoms with Crippen molar-refractivity contribution < 1.29 is 9.59 Å². The van der Waals surface area contributed by atoms with E-state index in [0.717, 1.165) is 44.9 Å². The minimum absolute atomic E-state index is 0.0226. The molecule has 4 rings (SSSR count). The van der Waals surface area contributed by atoms with Crippen LogP contribution in [-0.4, -0.2) is 21.8 Å². The van der Waals surface area contributed by atoms with Crippen molar-refractivity contribution in [2.24, 2.45) is 34.5 Å². The average Bonchev–Trinajstić information content (AvgIpc) is 3.12. The molecule has 0 aromatic heterocycles. The number of rotatable bonds is 6. The molecule has 3 fully saturated rings. The van der Waals surface area contributed by atoms with Crippen molar-refractivity contribution in [2.45, 2.75) is 110 Å². The summed E-state index contributed by atoms with van der Waals surface area (Å²) >= 11 is 1.58. The summed E-state index contributed by atoms with van der Waals surface area (Å²) in [6, 6.07) is 0. The second-order valence-corrected chi connectivity index (χ2v) is 12.8. The number of carbonyl (C=O) groups is 2. The van der Waals surface area contributed by atoms with E-state index >= 15 is 0 Å². The van der Waals surface area contributed by atoms with Crippen molar-refractivity contribution in [2.75, 3.05) is 0 Å². The van der Waals surface area contributed by atoms with Crippen LogP contribution in [0.4, 0.5) is 0 Å². The van der Waals surface area contributed by atoms with Gasteiger partial charge in [-0.05, 0) is 87.0 Å². The largest absolute Gasteiger partial charge is 0.350 e. The molecule has 0 spiro atoms. The topological polar surface area (TPSA) is 46.2 Å². The van der Waals surface area contributed by atoms with Gasteiger partial charge in [-0.15, -0.1) is 0 Å². The van der Waals surface area contributed by atoms with Crippen molar-refractivity contribution in [1.82, 2.24) is 5.32 Å². The number of nitrogens with one attached hydrogen (secondary N) is 1. The zero-order valence-corrected chi connectivity index (χ0v) is 21.2. The highest BCUT2D eigenvalue weighted by Gasteiger charge is 2.59. The Balaban J connectivity index is 1.51. The molecular weight excluding hydrogens is 402 g/mol. The highest BCUT2D eigenvalue weighted by molar-refractivity contribution is 8.14. The van der Waals surface area contributed by atoms with Gasteiger partial charge in [0.25, 0.3) is 0 Å². The molecule has 0 bridgehead atoms. The molecule has 0 saturated heterocycles. The zero-order chi connectivity index (χ0) is 22.4. The molecule has 31 heavy (non-hydrogen) atoms. The van der Waals surface area contributed by atoms with Gasteiger partial charge in [0.1, 0.15) is 0 Å². The lowest BCUT2D eigenvalue weighted by Crippen LogP contribution is -2.52. The van der Waals surface area contributed by atoms with Crippen LogP contribution >= 0.6 is 11.8 Å². The molecule has 1 amide bonds. The maximum Gasteiger partial charge on any atom is 0.223 e. The first-order chi connectivity index (χ1) is 14.7. The summed E-state index contributed by atoms with van der Waals surface area (Å²) in [7, 11) is 0. The molecule has 3 aliphatic carbocycles. The van der Waals surface area contributed by atoms with Crippen LogP contribution in [0.5, 0.6) is 0 Å². The molecule has 0 aromatic rings. The zero-order valence-electron chi connectivity index (χ0n) is 20.3. The number of amides is 1. The van der Waals surface area contributed by atoms with E-state index in [0.29, 0.717) is 34.3 Å². The second kappa shape index (κ2) is 8.54. The standard InChI is InChI=1S/C27H43NO2S/c1-6-13-27(7-2,8-3)28-24(30)18-16-21-19-9-10-22-26(5,15-12-23(29)31-22)20(19)11-14-25(21,4)17-18/h12,15,18-22H,6-11,13-14,16-17H2,1-5H3,(H,28,30)/t18?,19-,20-,21+,22?,25-,26-/m1/s1. The smallest absolute Gasteiger partial charge is 0.223 e. The first-order valence-electron chi connectivity index (χ1n) is 12.9. The van der Waals surface area contributed by atoms with Crippen LogP contribution < -0.4 is 5.32 Å². The average molecular weight is 446 g/mol. The number of hydrogen-bond acceptors (Lipinski definition) is 3. The Morgan fingerprint density at radius 2 is 1.90 bits per heavy atom. The van der Waals surface area contributed by atoms with Gasteiger partial charge in [-0.1, -0.05) is 58.9 Å². The molecule has 1 heterocycles. The summed E-state index contributed by atoms with van der Waals surface area (Å²) < 4.78 is 0. The Morgan fingerprint density at radius 1 is 1.16 bits per heavy atom. The van der Waals surface area contributed by atoms with Gasteiger partial charge in [0, 0.05) is 22.1 Å². The molecule has 3 nitrogen and oxygen atoms in total. The van der Waals surface area contributed by atoms with Crippen LogP contribution in [0.25, 0.3) is 0 Å². The number of thioether (sulfide) groups is 1. The van der Waals surface area contributed by atoms with E-state index < -0.39 is 0 Å². The third-order valence-electron chi connectivity index (χ3n) is 10.1. The minimum Gasteiger partial charge on any atom is -0.350 e. The molecule has 4 aliphatic rings.